The van der Waals surface area contributed by atoms with Crippen molar-refractivity contribution in [1.82, 2.24) is 34.4 Å². The number of benzene rings is 2. The zero-order valence-corrected chi connectivity index (χ0v) is 24.4. The molecule has 1 amide bonds. The summed E-state index contributed by atoms with van der Waals surface area (Å²) in [6, 6.07) is 20.4. The van der Waals surface area contributed by atoms with Gasteiger partial charge in [-0.15, -0.1) is 0 Å². The van der Waals surface area contributed by atoms with Gasteiger partial charge >= 0.3 is 0 Å². The molecular weight excluding hydrogens is 562 g/mol. The molecule has 1 aliphatic heterocycles. The van der Waals surface area contributed by atoms with Crippen molar-refractivity contribution in [3.8, 4) is 0 Å². The number of ether oxygens (including phenoxy) is 1. The number of carbonyl (C=O) groups is 1. The maximum absolute atomic E-state index is 12.5. The van der Waals surface area contributed by atoms with E-state index in [-0.39, 0.29) is 12.1 Å². The minimum Gasteiger partial charge on any atom is -0.387 e. The summed E-state index contributed by atoms with van der Waals surface area (Å²) in [6.45, 7) is 4.57. The second-order valence-electron chi connectivity index (χ2n) is 10.6. The number of nitrogens with zero attached hydrogens (tertiary/aromatic N) is 6. The molecule has 1 unspecified atom stereocenters. The van der Waals surface area contributed by atoms with E-state index in [9.17, 15) is 15.0 Å². The van der Waals surface area contributed by atoms with Gasteiger partial charge in [0.15, 0.2) is 29.3 Å². The number of hydrogen-bond donors (Lipinski definition) is 5. The van der Waals surface area contributed by atoms with Crippen molar-refractivity contribution in [2.45, 2.75) is 50.5 Å². The van der Waals surface area contributed by atoms with Crippen LogP contribution < -0.4 is 16.0 Å². The number of carbonyl (C=O) groups excluding carboxylic acids is 1. The lowest BCUT2D eigenvalue weighted by Crippen LogP contribution is -2.42. The molecule has 0 bridgehead atoms. The molecule has 1 saturated heterocycles. The van der Waals surface area contributed by atoms with Crippen LogP contribution in [0.4, 0.5) is 11.8 Å². The highest BCUT2D eigenvalue weighted by atomic mass is 16.6. The Balaban J connectivity index is 1.37. The molecule has 44 heavy (non-hydrogen) atoms. The molecule has 5 N–H and O–H groups in total. The Kier molecular flexibility index (Phi) is 8.50. The first-order valence-electron chi connectivity index (χ1n) is 14.6. The Labute approximate surface area is 254 Å². The lowest BCUT2D eigenvalue weighted by atomic mass is 9.91. The van der Waals surface area contributed by atoms with Gasteiger partial charge in [0.25, 0.3) is 5.91 Å². The van der Waals surface area contributed by atoms with Crippen molar-refractivity contribution < 1.29 is 19.7 Å². The molecule has 1 aliphatic rings. The van der Waals surface area contributed by atoms with Gasteiger partial charge in [0.05, 0.1) is 12.7 Å². The summed E-state index contributed by atoms with van der Waals surface area (Å²) in [4.78, 5) is 30.7. The van der Waals surface area contributed by atoms with Gasteiger partial charge in [0.1, 0.15) is 18.4 Å². The van der Waals surface area contributed by atoms with E-state index in [1.165, 1.54) is 10.9 Å². The zero-order chi connectivity index (χ0) is 30.6. The molecule has 0 aliphatic carbocycles. The van der Waals surface area contributed by atoms with E-state index in [1.54, 1.807) is 19.4 Å². The van der Waals surface area contributed by atoms with Crippen molar-refractivity contribution in [2.24, 2.45) is 0 Å². The Morgan fingerprint density at radius 1 is 1.00 bits per heavy atom. The summed E-state index contributed by atoms with van der Waals surface area (Å²) in [6.07, 6.45) is 1.26. The summed E-state index contributed by atoms with van der Waals surface area (Å²) < 4.78 is 9.28. The molecule has 13 nitrogen and oxygen atoms in total. The van der Waals surface area contributed by atoms with E-state index in [0.29, 0.717) is 36.0 Å². The van der Waals surface area contributed by atoms with Crippen molar-refractivity contribution in [3.63, 3.8) is 0 Å². The molecule has 0 radical (unpaired) electrons. The fraction of sp³-hybridized carbons (Fsp3) is 0.323. The van der Waals surface area contributed by atoms with Crippen molar-refractivity contribution in [3.05, 3.63) is 96.8 Å². The number of hydrogen-bond acceptors (Lipinski definition) is 10. The highest BCUT2D eigenvalue weighted by molar-refractivity contribution is 5.85. The van der Waals surface area contributed by atoms with E-state index in [0.717, 1.165) is 11.1 Å². The van der Waals surface area contributed by atoms with E-state index in [4.69, 9.17) is 14.7 Å². The smallest absolute Gasteiger partial charge is 0.252 e. The Hall–Kier alpha value is -4.85. The minimum atomic E-state index is -1.43. The number of rotatable bonds is 11. The number of imidazole rings is 2. The van der Waals surface area contributed by atoms with Crippen LogP contribution in [0, 0.1) is 0 Å². The first kappa shape index (κ1) is 29.2. The van der Waals surface area contributed by atoms with Gasteiger partial charge < -0.3 is 35.5 Å². The van der Waals surface area contributed by atoms with Crippen molar-refractivity contribution >= 4 is 28.8 Å². The third-order valence-corrected chi connectivity index (χ3v) is 7.73. The largest absolute Gasteiger partial charge is 0.387 e. The molecule has 1 fully saturated rings. The van der Waals surface area contributed by atoms with Gasteiger partial charge in [-0.05, 0) is 25.0 Å². The molecule has 3 aromatic heterocycles. The van der Waals surface area contributed by atoms with Gasteiger partial charge in [-0.25, -0.2) is 9.97 Å². The number of aromatic nitrogens is 6. The molecule has 5 aromatic rings. The van der Waals surface area contributed by atoms with E-state index >= 15 is 0 Å². The van der Waals surface area contributed by atoms with Crippen LogP contribution in [-0.2, 0) is 9.53 Å². The molecule has 0 spiro atoms. The van der Waals surface area contributed by atoms with Crippen LogP contribution in [-0.4, -0.2) is 76.6 Å². The van der Waals surface area contributed by atoms with Crippen molar-refractivity contribution in [2.75, 3.05) is 23.7 Å². The normalized spacial score (nSPS) is 20.6. The number of aliphatic hydroxyl groups is 2. The van der Waals surface area contributed by atoms with E-state index in [1.807, 2.05) is 54.1 Å². The highest BCUT2D eigenvalue weighted by Crippen LogP contribution is 2.34. The first-order chi connectivity index (χ1) is 21.4. The monoisotopic (exact) mass is 597 g/mol. The third-order valence-electron chi connectivity index (χ3n) is 7.73. The van der Waals surface area contributed by atoms with Crippen LogP contribution >= 0.6 is 0 Å². The van der Waals surface area contributed by atoms with E-state index < -0.39 is 30.4 Å². The van der Waals surface area contributed by atoms with Gasteiger partial charge in [0, 0.05) is 31.4 Å². The summed E-state index contributed by atoms with van der Waals surface area (Å²) >= 11 is 0. The minimum absolute atomic E-state index is 0.0127. The van der Waals surface area contributed by atoms with Crippen molar-refractivity contribution in [1.29, 1.82) is 0 Å². The fourth-order valence-corrected chi connectivity index (χ4v) is 5.43. The molecule has 2 aromatic carbocycles. The van der Waals surface area contributed by atoms with Crippen LogP contribution in [0.5, 0.6) is 0 Å². The number of likely N-dealkylation sites (N-methyl/N-ethyl adjacent to an activating group) is 1. The first-order valence-corrected chi connectivity index (χ1v) is 14.6. The number of amides is 1. The predicted octanol–water partition coefficient (Wildman–Crippen LogP) is 2.65. The predicted molar refractivity (Wildman–Crippen MR) is 164 cm³/mol. The molecular formula is C31H35N9O4. The van der Waals surface area contributed by atoms with Gasteiger partial charge in [-0.3, -0.25) is 9.36 Å². The summed E-state index contributed by atoms with van der Waals surface area (Å²) in [5.74, 6) is 0.276. The standard InChI is InChI=1S/C31H35N9O4/c1-3-33-29(43)26-24(41)25(42)30(44-26)40-18-35-23-27(37-31(38-28(23)40)36-19(2)39-15-14-32-17-39)34-16-22(20-10-6-4-7-11-20)21-12-8-5-9-13-21/h4-15,17-19,22,24-26,30,41-42H,3,16H2,1-2H3,(H,33,43)(H2,34,36,37,38)/t19?,24-,25+,26-,30+/m0/s1. The van der Waals surface area contributed by atoms with Crippen LogP contribution in [0.1, 0.15) is 43.3 Å². The zero-order valence-electron chi connectivity index (χ0n) is 24.4. The van der Waals surface area contributed by atoms with Crippen LogP contribution in [0.2, 0.25) is 0 Å². The summed E-state index contributed by atoms with van der Waals surface area (Å²) in [7, 11) is 0. The van der Waals surface area contributed by atoms with Gasteiger partial charge in [-0.2, -0.15) is 9.97 Å². The Morgan fingerprint density at radius 3 is 2.34 bits per heavy atom. The van der Waals surface area contributed by atoms with Gasteiger partial charge in [-0.1, -0.05) is 60.7 Å². The number of nitrogens with one attached hydrogen (secondary N) is 3. The summed E-state index contributed by atoms with van der Waals surface area (Å²) in [5, 5.41) is 31.0. The molecule has 228 valence electrons. The third kappa shape index (κ3) is 5.84. The quantitative estimate of drug-likeness (QED) is 0.153. The number of anilines is 2. The Bertz CT molecular complexity index is 1640. The molecule has 6 rings (SSSR count). The van der Waals surface area contributed by atoms with Crippen LogP contribution in [0.3, 0.4) is 0 Å². The molecule has 0 saturated carbocycles. The summed E-state index contributed by atoms with van der Waals surface area (Å²) in [5.41, 5.74) is 3.08. The van der Waals surface area contributed by atoms with Crippen LogP contribution in [0.25, 0.3) is 11.2 Å². The molecule has 5 atom stereocenters. The maximum Gasteiger partial charge on any atom is 0.252 e. The molecule has 4 heterocycles. The SMILES string of the molecule is CCNC(=O)[C@H]1O[C@@H](n2cnc3c(NCC(c4ccccc4)c4ccccc4)nc(NC(C)n4ccnc4)nc32)[C@H](O)[C@@H]1O. The van der Waals surface area contributed by atoms with Crippen LogP contribution in [0.15, 0.2) is 85.7 Å². The second-order valence-corrected chi connectivity index (χ2v) is 10.6. The number of fused-ring (bicyclic) bond motifs is 1. The molecule has 13 heteroatoms. The maximum atomic E-state index is 12.5. The second kappa shape index (κ2) is 12.8. The number of aliphatic hydroxyl groups excluding tert-OH is 2. The average molecular weight is 598 g/mol. The Morgan fingerprint density at radius 2 is 1.70 bits per heavy atom. The lowest BCUT2D eigenvalue weighted by molar-refractivity contribution is -0.137. The average Bonchev–Trinajstić information content (AvgIpc) is 3.79. The van der Waals surface area contributed by atoms with Gasteiger partial charge in [0.2, 0.25) is 5.95 Å². The fourth-order valence-electron chi connectivity index (χ4n) is 5.43. The highest BCUT2D eigenvalue weighted by Gasteiger charge is 2.47. The van der Waals surface area contributed by atoms with E-state index in [2.05, 4.69) is 50.2 Å². The lowest BCUT2D eigenvalue weighted by Gasteiger charge is -2.21. The topological polar surface area (TPSA) is 164 Å².